The minimum absolute atomic E-state index is 0.0157. The predicted molar refractivity (Wildman–Crippen MR) is 116 cm³/mol. The van der Waals surface area contributed by atoms with E-state index in [4.69, 9.17) is 0 Å². The van der Waals surface area contributed by atoms with E-state index in [1.54, 1.807) is 0 Å². The van der Waals surface area contributed by atoms with Crippen LogP contribution >= 0.6 is 0 Å². The predicted octanol–water partition coefficient (Wildman–Crippen LogP) is 3.65. The summed E-state index contributed by atoms with van der Waals surface area (Å²) in [4.78, 5) is 27.4. The van der Waals surface area contributed by atoms with Gasteiger partial charge in [-0.15, -0.1) is 0 Å². The summed E-state index contributed by atoms with van der Waals surface area (Å²) in [6, 6.07) is 5.58. The minimum Gasteiger partial charge on any atom is -0.349 e. The molecule has 5 rings (SSSR count). The third kappa shape index (κ3) is 4.20. The number of likely N-dealkylation sites (N-methyl/N-ethyl adjacent to an activating group) is 1. The molecule has 0 heterocycles. The summed E-state index contributed by atoms with van der Waals surface area (Å²) in [6.07, 6.45) is 7.53. The third-order valence-corrected chi connectivity index (χ3v) is 7.74. The molecule has 29 heavy (non-hydrogen) atoms. The first-order valence-corrected chi connectivity index (χ1v) is 11.1. The van der Waals surface area contributed by atoms with Crippen molar-refractivity contribution >= 4 is 17.5 Å². The van der Waals surface area contributed by atoms with Gasteiger partial charge < -0.3 is 10.6 Å². The normalized spacial score (nSPS) is 31.0. The van der Waals surface area contributed by atoms with E-state index in [1.807, 2.05) is 50.9 Å². The molecule has 0 unspecified atom stereocenters. The van der Waals surface area contributed by atoms with Crippen molar-refractivity contribution in [2.75, 3.05) is 18.9 Å². The first-order chi connectivity index (χ1) is 13.7. The lowest BCUT2D eigenvalue weighted by molar-refractivity contribution is -0.131. The van der Waals surface area contributed by atoms with E-state index < -0.39 is 0 Å². The van der Waals surface area contributed by atoms with Crippen LogP contribution in [0.1, 0.15) is 56.6 Å². The fraction of sp³-hybridized carbons (Fsp3) is 0.667. The molecule has 0 spiro atoms. The molecule has 158 valence electrons. The average Bonchev–Trinajstić information content (AvgIpc) is 2.63. The van der Waals surface area contributed by atoms with Gasteiger partial charge in [0.05, 0.1) is 12.6 Å². The van der Waals surface area contributed by atoms with Crippen LogP contribution in [0.15, 0.2) is 18.2 Å². The number of amides is 2. The highest BCUT2D eigenvalue weighted by atomic mass is 16.2. The van der Waals surface area contributed by atoms with Crippen molar-refractivity contribution in [1.29, 1.82) is 0 Å². The molecule has 5 heteroatoms. The highest BCUT2D eigenvalue weighted by molar-refractivity contribution is 5.93. The van der Waals surface area contributed by atoms with E-state index in [0.29, 0.717) is 0 Å². The zero-order valence-corrected chi connectivity index (χ0v) is 18.3. The zero-order valence-electron chi connectivity index (χ0n) is 18.3. The second kappa shape index (κ2) is 7.75. The molecule has 0 aromatic heterocycles. The summed E-state index contributed by atoms with van der Waals surface area (Å²) in [5.74, 6) is 2.39. The van der Waals surface area contributed by atoms with E-state index in [9.17, 15) is 9.59 Å². The SMILES string of the molecule is Cc1cccc(NC(=O)CN(C)[C@H](C)C(=O)NC23CC4CC(CC(C4)C2)C3)c1C. The molecule has 4 aliphatic rings. The Balaban J connectivity index is 1.33. The molecule has 4 fully saturated rings. The van der Waals surface area contributed by atoms with Gasteiger partial charge in [0.1, 0.15) is 0 Å². The van der Waals surface area contributed by atoms with Crippen LogP contribution in [-0.4, -0.2) is 41.9 Å². The molecular weight excluding hydrogens is 362 g/mol. The van der Waals surface area contributed by atoms with Crippen molar-refractivity contribution < 1.29 is 9.59 Å². The molecule has 0 aliphatic heterocycles. The number of nitrogens with one attached hydrogen (secondary N) is 2. The van der Waals surface area contributed by atoms with Crippen LogP contribution in [0.2, 0.25) is 0 Å². The number of nitrogens with zero attached hydrogens (tertiary/aromatic N) is 1. The van der Waals surface area contributed by atoms with Crippen LogP contribution in [-0.2, 0) is 9.59 Å². The largest absolute Gasteiger partial charge is 0.349 e. The lowest BCUT2D eigenvalue weighted by Gasteiger charge is -2.57. The second-order valence-corrected chi connectivity index (χ2v) is 10.1. The fourth-order valence-electron chi connectivity index (χ4n) is 6.27. The van der Waals surface area contributed by atoms with E-state index in [0.717, 1.165) is 53.8 Å². The summed E-state index contributed by atoms with van der Waals surface area (Å²) >= 11 is 0. The van der Waals surface area contributed by atoms with Gasteiger partial charge in [-0.3, -0.25) is 14.5 Å². The van der Waals surface area contributed by atoms with Crippen LogP contribution in [0.5, 0.6) is 0 Å². The molecule has 1 atom stereocenters. The molecule has 2 N–H and O–H groups in total. The van der Waals surface area contributed by atoms with E-state index in [-0.39, 0.29) is 29.9 Å². The number of carbonyl (C=O) groups is 2. The molecule has 0 saturated heterocycles. The Morgan fingerprint density at radius 3 is 2.28 bits per heavy atom. The number of anilines is 1. The molecule has 1 aromatic carbocycles. The van der Waals surface area contributed by atoms with Crippen LogP contribution in [0.25, 0.3) is 0 Å². The van der Waals surface area contributed by atoms with Gasteiger partial charge in [-0.25, -0.2) is 0 Å². The fourth-order valence-corrected chi connectivity index (χ4v) is 6.27. The topological polar surface area (TPSA) is 61.4 Å². The van der Waals surface area contributed by atoms with E-state index in [2.05, 4.69) is 10.6 Å². The Bertz CT molecular complexity index is 768. The second-order valence-electron chi connectivity index (χ2n) is 10.1. The van der Waals surface area contributed by atoms with Gasteiger partial charge >= 0.3 is 0 Å². The number of hydrogen-bond acceptors (Lipinski definition) is 3. The number of carbonyl (C=O) groups excluding carboxylic acids is 2. The molecular formula is C24H35N3O2. The summed E-state index contributed by atoms with van der Waals surface area (Å²) in [5.41, 5.74) is 3.09. The Hall–Kier alpha value is -1.88. The molecule has 4 aliphatic carbocycles. The van der Waals surface area contributed by atoms with Crippen molar-refractivity contribution in [3.05, 3.63) is 29.3 Å². The Labute approximate surface area is 174 Å². The highest BCUT2D eigenvalue weighted by Crippen LogP contribution is 2.55. The number of rotatable bonds is 6. The standard InChI is InChI=1S/C24H35N3O2/c1-15-6-5-7-21(16(15)2)25-22(28)14-27(4)17(3)23(29)26-24-11-18-8-19(12-24)10-20(9-18)13-24/h5-7,17-20H,8-14H2,1-4H3,(H,25,28)(H,26,29)/t17-,18?,19?,20?,24?/m1/s1. The van der Waals surface area contributed by atoms with Gasteiger partial charge in [0.2, 0.25) is 11.8 Å². The van der Waals surface area contributed by atoms with Crippen molar-refractivity contribution in [2.24, 2.45) is 17.8 Å². The monoisotopic (exact) mass is 397 g/mol. The summed E-state index contributed by atoms with van der Waals surface area (Å²) in [5, 5.41) is 6.42. The maximum absolute atomic E-state index is 13.0. The minimum atomic E-state index is -0.327. The molecule has 5 nitrogen and oxygen atoms in total. The molecule has 1 aromatic rings. The third-order valence-electron chi connectivity index (χ3n) is 7.74. The lowest BCUT2D eigenvalue weighted by atomic mass is 9.53. The van der Waals surface area contributed by atoms with Crippen LogP contribution in [0.3, 0.4) is 0 Å². The Morgan fingerprint density at radius 1 is 1.10 bits per heavy atom. The van der Waals surface area contributed by atoms with Crippen molar-refractivity contribution in [1.82, 2.24) is 10.2 Å². The summed E-state index contributed by atoms with van der Waals surface area (Å²) in [6.45, 7) is 6.15. The van der Waals surface area contributed by atoms with Crippen molar-refractivity contribution in [3.63, 3.8) is 0 Å². The smallest absolute Gasteiger partial charge is 0.238 e. The van der Waals surface area contributed by atoms with E-state index >= 15 is 0 Å². The number of benzene rings is 1. The molecule has 2 amide bonds. The molecule has 4 saturated carbocycles. The van der Waals surface area contributed by atoms with Crippen LogP contribution in [0, 0.1) is 31.6 Å². The number of hydrogen-bond donors (Lipinski definition) is 2. The lowest BCUT2D eigenvalue weighted by Crippen LogP contribution is -2.62. The zero-order chi connectivity index (χ0) is 20.8. The maximum Gasteiger partial charge on any atom is 0.238 e. The van der Waals surface area contributed by atoms with Crippen LogP contribution in [0.4, 0.5) is 5.69 Å². The highest BCUT2D eigenvalue weighted by Gasteiger charge is 2.51. The average molecular weight is 398 g/mol. The molecule has 0 radical (unpaired) electrons. The maximum atomic E-state index is 13.0. The molecule has 4 bridgehead atoms. The van der Waals surface area contributed by atoms with Gasteiger partial charge in [-0.05, 0) is 101 Å². The van der Waals surface area contributed by atoms with Gasteiger partial charge in [0.15, 0.2) is 0 Å². The first-order valence-electron chi connectivity index (χ1n) is 11.1. The summed E-state index contributed by atoms with van der Waals surface area (Å²) in [7, 11) is 1.85. The van der Waals surface area contributed by atoms with Gasteiger partial charge in [-0.1, -0.05) is 12.1 Å². The Kier molecular flexibility index (Phi) is 5.45. The van der Waals surface area contributed by atoms with Gasteiger partial charge in [0, 0.05) is 11.2 Å². The van der Waals surface area contributed by atoms with Gasteiger partial charge in [0.25, 0.3) is 0 Å². The number of aryl methyl sites for hydroxylation is 1. The van der Waals surface area contributed by atoms with Crippen molar-refractivity contribution in [2.45, 2.75) is 70.9 Å². The van der Waals surface area contributed by atoms with E-state index in [1.165, 1.54) is 19.3 Å². The van der Waals surface area contributed by atoms with Gasteiger partial charge in [-0.2, -0.15) is 0 Å². The quantitative estimate of drug-likeness (QED) is 0.770. The first kappa shape index (κ1) is 20.4. The van der Waals surface area contributed by atoms with Crippen LogP contribution < -0.4 is 10.6 Å². The summed E-state index contributed by atoms with van der Waals surface area (Å²) < 4.78 is 0. The Morgan fingerprint density at radius 2 is 1.69 bits per heavy atom. The van der Waals surface area contributed by atoms with Crippen molar-refractivity contribution in [3.8, 4) is 0 Å².